The van der Waals surface area contributed by atoms with Crippen LogP contribution >= 0.6 is 0 Å². The Kier molecular flexibility index (Phi) is 4.89. The molecule has 4 rings (SSSR count). The fourth-order valence-corrected chi connectivity index (χ4v) is 3.59. The number of nitrogens with zero attached hydrogens (tertiary/aromatic N) is 4. The van der Waals surface area contributed by atoms with E-state index < -0.39 is 0 Å². The first-order chi connectivity index (χ1) is 12.7. The van der Waals surface area contributed by atoms with E-state index in [4.69, 9.17) is 9.72 Å². The molecule has 2 aromatic heterocycles. The number of aromatic nitrogens is 3. The number of hydrogen-bond donors (Lipinski definition) is 0. The highest BCUT2D eigenvalue weighted by molar-refractivity contribution is 5.67. The molecule has 1 aliphatic rings. The summed E-state index contributed by atoms with van der Waals surface area (Å²) in [6, 6.07) is 14.5. The minimum Gasteiger partial charge on any atom is -0.378 e. The zero-order valence-corrected chi connectivity index (χ0v) is 15.6. The number of fused-ring (bicyclic) bond motifs is 1. The summed E-state index contributed by atoms with van der Waals surface area (Å²) in [6.07, 6.45) is 5.09. The van der Waals surface area contributed by atoms with Crippen LogP contribution in [-0.2, 0) is 4.74 Å². The van der Waals surface area contributed by atoms with E-state index in [2.05, 4.69) is 35.2 Å². The Morgan fingerprint density at radius 2 is 2.04 bits per heavy atom. The lowest BCUT2D eigenvalue weighted by Gasteiger charge is -2.26. The third-order valence-electron chi connectivity index (χ3n) is 5.05. The average Bonchev–Trinajstić information content (AvgIpc) is 3.07. The Labute approximate surface area is 154 Å². The lowest BCUT2D eigenvalue weighted by atomic mass is 10.1. The standard InChI is InChI=1S/C21H26N4O/c1-16-14-20-22-19(17-8-4-3-5-9-17)15-21(25(20)23-16)24(2)12-11-18-10-6-7-13-26-18/h3-5,8-9,14-15,18H,6-7,10-13H2,1-2H3. The molecule has 5 heteroatoms. The molecule has 1 atom stereocenters. The van der Waals surface area contributed by atoms with Crippen LogP contribution in [0.2, 0.25) is 0 Å². The van der Waals surface area contributed by atoms with Crippen molar-refractivity contribution in [2.75, 3.05) is 25.1 Å². The number of rotatable bonds is 5. The molecule has 3 heterocycles. The maximum absolute atomic E-state index is 5.89. The fourth-order valence-electron chi connectivity index (χ4n) is 3.59. The number of aryl methyl sites for hydroxylation is 1. The molecule has 0 saturated carbocycles. The lowest BCUT2D eigenvalue weighted by molar-refractivity contribution is 0.0126. The Bertz CT molecular complexity index is 868. The van der Waals surface area contributed by atoms with E-state index in [1.165, 1.54) is 19.3 Å². The highest BCUT2D eigenvalue weighted by Gasteiger charge is 2.17. The molecule has 0 aliphatic carbocycles. The van der Waals surface area contributed by atoms with Crippen LogP contribution in [0.15, 0.2) is 42.5 Å². The van der Waals surface area contributed by atoms with E-state index in [1.807, 2.05) is 35.7 Å². The van der Waals surface area contributed by atoms with Gasteiger partial charge in [-0.3, -0.25) is 0 Å². The molecule has 26 heavy (non-hydrogen) atoms. The molecule has 3 aromatic rings. The van der Waals surface area contributed by atoms with Crippen LogP contribution in [0.25, 0.3) is 16.9 Å². The Hall–Kier alpha value is -2.40. The van der Waals surface area contributed by atoms with Crippen molar-refractivity contribution in [2.24, 2.45) is 0 Å². The van der Waals surface area contributed by atoms with E-state index >= 15 is 0 Å². The first-order valence-electron chi connectivity index (χ1n) is 9.46. The van der Waals surface area contributed by atoms with Gasteiger partial charge in [-0.1, -0.05) is 30.3 Å². The largest absolute Gasteiger partial charge is 0.378 e. The molecule has 0 amide bonds. The first kappa shape index (κ1) is 17.0. The summed E-state index contributed by atoms with van der Waals surface area (Å²) in [7, 11) is 2.13. The monoisotopic (exact) mass is 350 g/mol. The molecule has 136 valence electrons. The molecule has 1 saturated heterocycles. The summed E-state index contributed by atoms with van der Waals surface area (Å²) < 4.78 is 7.84. The van der Waals surface area contributed by atoms with Gasteiger partial charge in [0.1, 0.15) is 5.82 Å². The van der Waals surface area contributed by atoms with Crippen molar-refractivity contribution in [2.45, 2.75) is 38.7 Å². The van der Waals surface area contributed by atoms with Gasteiger partial charge in [-0.25, -0.2) is 4.98 Å². The molecule has 0 N–H and O–H groups in total. The SMILES string of the molecule is Cc1cc2nc(-c3ccccc3)cc(N(C)CCC3CCCCO3)n2n1. The van der Waals surface area contributed by atoms with Gasteiger partial charge < -0.3 is 9.64 Å². The van der Waals surface area contributed by atoms with Gasteiger partial charge in [0.2, 0.25) is 0 Å². The normalized spacial score (nSPS) is 17.5. The molecule has 1 aromatic carbocycles. The number of anilines is 1. The first-order valence-corrected chi connectivity index (χ1v) is 9.46. The van der Waals surface area contributed by atoms with Crippen molar-refractivity contribution in [3.05, 3.63) is 48.2 Å². The summed E-state index contributed by atoms with van der Waals surface area (Å²) in [4.78, 5) is 7.08. The van der Waals surface area contributed by atoms with Gasteiger partial charge in [0.25, 0.3) is 0 Å². The Morgan fingerprint density at radius 3 is 2.81 bits per heavy atom. The van der Waals surface area contributed by atoms with E-state index in [-0.39, 0.29) is 0 Å². The molecule has 1 unspecified atom stereocenters. The average molecular weight is 350 g/mol. The van der Waals surface area contributed by atoms with E-state index in [9.17, 15) is 0 Å². The van der Waals surface area contributed by atoms with Crippen molar-refractivity contribution in [1.29, 1.82) is 0 Å². The Morgan fingerprint density at radius 1 is 1.19 bits per heavy atom. The minimum absolute atomic E-state index is 0.386. The summed E-state index contributed by atoms with van der Waals surface area (Å²) in [5.41, 5.74) is 3.97. The third kappa shape index (κ3) is 3.58. The fraction of sp³-hybridized carbons (Fsp3) is 0.429. The van der Waals surface area contributed by atoms with Crippen LogP contribution in [0.4, 0.5) is 5.82 Å². The maximum Gasteiger partial charge on any atom is 0.158 e. The smallest absolute Gasteiger partial charge is 0.158 e. The van der Waals surface area contributed by atoms with Gasteiger partial charge in [-0.05, 0) is 32.6 Å². The molecule has 5 nitrogen and oxygen atoms in total. The highest BCUT2D eigenvalue weighted by Crippen LogP contribution is 2.25. The zero-order valence-electron chi connectivity index (χ0n) is 15.6. The van der Waals surface area contributed by atoms with Crippen LogP contribution in [0, 0.1) is 6.92 Å². The Balaban J connectivity index is 1.63. The van der Waals surface area contributed by atoms with Crippen LogP contribution in [0.5, 0.6) is 0 Å². The summed E-state index contributed by atoms with van der Waals surface area (Å²) in [5.74, 6) is 1.07. The highest BCUT2D eigenvalue weighted by atomic mass is 16.5. The van der Waals surface area contributed by atoms with Gasteiger partial charge in [-0.15, -0.1) is 0 Å². The summed E-state index contributed by atoms with van der Waals surface area (Å²) in [5, 5.41) is 4.64. The summed E-state index contributed by atoms with van der Waals surface area (Å²) >= 11 is 0. The van der Waals surface area contributed by atoms with Gasteiger partial charge >= 0.3 is 0 Å². The maximum atomic E-state index is 5.89. The molecular weight excluding hydrogens is 324 g/mol. The topological polar surface area (TPSA) is 42.7 Å². The predicted molar refractivity (Wildman–Crippen MR) is 105 cm³/mol. The van der Waals surface area contributed by atoms with Gasteiger partial charge in [0, 0.05) is 37.9 Å². The van der Waals surface area contributed by atoms with Crippen molar-refractivity contribution in [1.82, 2.24) is 14.6 Å². The number of benzene rings is 1. The van der Waals surface area contributed by atoms with Crippen molar-refractivity contribution in [3.63, 3.8) is 0 Å². The quantitative estimate of drug-likeness (QED) is 0.695. The second-order valence-corrected chi connectivity index (χ2v) is 7.12. The second-order valence-electron chi connectivity index (χ2n) is 7.12. The second kappa shape index (κ2) is 7.46. The molecule has 0 radical (unpaired) electrons. The molecule has 0 spiro atoms. The third-order valence-corrected chi connectivity index (χ3v) is 5.05. The van der Waals surface area contributed by atoms with Crippen LogP contribution in [0.3, 0.4) is 0 Å². The summed E-state index contributed by atoms with van der Waals surface area (Å²) in [6.45, 7) is 3.86. The number of hydrogen-bond acceptors (Lipinski definition) is 4. The molecular formula is C21H26N4O. The molecule has 1 aliphatic heterocycles. The van der Waals surface area contributed by atoms with Crippen molar-refractivity contribution in [3.8, 4) is 11.3 Å². The van der Waals surface area contributed by atoms with E-state index in [1.54, 1.807) is 0 Å². The predicted octanol–water partition coefficient (Wildman–Crippen LogP) is 4.10. The van der Waals surface area contributed by atoms with Gasteiger partial charge in [0.05, 0.1) is 17.5 Å². The van der Waals surface area contributed by atoms with E-state index in [0.717, 1.165) is 48.0 Å². The van der Waals surface area contributed by atoms with Crippen LogP contribution in [-0.4, -0.2) is 40.9 Å². The van der Waals surface area contributed by atoms with Crippen molar-refractivity contribution < 1.29 is 4.74 Å². The lowest BCUT2D eigenvalue weighted by Crippen LogP contribution is -2.28. The zero-order chi connectivity index (χ0) is 17.9. The van der Waals surface area contributed by atoms with Crippen molar-refractivity contribution >= 4 is 11.5 Å². The minimum atomic E-state index is 0.386. The van der Waals surface area contributed by atoms with E-state index in [0.29, 0.717) is 6.10 Å². The van der Waals surface area contributed by atoms with Crippen LogP contribution < -0.4 is 4.90 Å². The van der Waals surface area contributed by atoms with Gasteiger partial charge in [0.15, 0.2) is 5.65 Å². The molecule has 1 fully saturated rings. The number of ether oxygens (including phenoxy) is 1. The molecule has 0 bridgehead atoms. The van der Waals surface area contributed by atoms with Gasteiger partial charge in [-0.2, -0.15) is 9.61 Å². The van der Waals surface area contributed by atoms with Crippen LogP contribution in [0.1, 0.15) is 31.4 Å².